The Bertz CT molecular complexity index is 1160. The van der Waals surface area contributed by atoms with Crippen LogP contribution in [0.15, 0.2) is 59.0 Å². The van der Waals surface area contributed by atoms with Crippen LogP contribution in [-0.4, -0.2) is 41.2 Å². The third-order valence-corrected chi connectivity index (χ3v) is 5.90. The second-order valence-corrected chi connectivity index (χ2v) is 8.33. The first kappa shape index (κ1) is 21.7. The number of hydrogen-bond acceptors (Lipinski definition) is 6. The van der Waals surface area contributed by atoms with Crippen LogP contribution < -0.4 is 10.1 Å². The van der Waals surface area contributed by atoms with E-state index < -0.39 is 0 Å². The molecule has 0 atom stereocenters. The summed E-state index contributed by atoms with van der Waals surface area (Å²) in [5.41, 5.74) is 4.62. The molecule has 2 amide bonds. The summed E-state index contributed by atoms with van der Waals surface area (Å²) in [4.78, 5) is 29.4. The van der Waals surface area contributed by atoms with Gasteiger partial charge in [0.1, 0.15) is 5.75 Å². The molecule has 164 valence electrons. The minimum Gasteiger partial charge on any atom is -0.496 e. The Hall–Kier alpha value is -3.52. The van der Waals surface area contributed by atoms with Gasteiger partial charge in [-0.2, -0.15) is 5.10 Å². The summed E-state index contributed by atoms with van der Waals surface area (Å²) >= 11 is 1.34. The van der Waals surface area contributed by atoms with Gasteiger partial charge < -0.3 is 10.1 Å². The molecule has 8 heteroatoms. The normalized spacial score (nSPS) is 13.1. The second-order valence-electron chi connectivity index (χ2n) is 7.47. The van der Waals surface area contributed by atoms with Gasteiger partial charge in [0, 0.05) is 30.2 Å². The van der Waals surface area contributed by atoms with Gasteiger partial charge >= 0.3 is 0 Å². The van der Waals surface area contributed by atoms with Crippen LogP contribution in [0.4, 0.5) is 5.13 Å². The molecule has 1 aliphatic rings. The minimum absolute atomic E-state index is 0.0776. The molecule has 0 bridgehead atoms. The molecule has 2 aromatic carbocycles. The molecule has 2 heterocycles. The fourth-order valence-corrected chi connectivity index (χ4v) is 4.21. The van der Waals surface area contributed by atoms with Gasteiger partial charge in [-0.25, -0.2) is 9.99 Å². The monoisotopic (exact) mass is 448 g/mol. The Labute approximate surface area is 190 Å². The van der Waals surface area contributed by atoms with Gasteiger partial charge in [0.2, 0.25) is 11.8 Å². The SMILES string of the molecule is COc1ccc(C)cc1-c1csc(NC(=O)CCC(=O)N2CCC(c3ccccc3)=N2)n1. The number of thiazole rings is 1. The van der Waals surface area contributed by atoms with Crippen molar-refractivity contribution < 1.29 is 14.3 Å². The molecule has 7 nitrogen and oxygen atoms in total. The van der Waals surface area contributed by atoms with Gasteiger partial charge in [-0.3, -0.25) is 9.59 Å². The van der Waals surface area contributed by atoms with Crippen LogP contribution in [0.25, 0.3) is 11.3 Å². The molecule has 32 heavy (non-hydrogen) atoms. The summed E-state index contributed by atoms with van der Waals surface area (Å²) in [6.07, 6.45) is 0.891. The number of amides is 2. The molecule has 0 saturated carbocycles. The standard InChI is InChI=1S/C24H24N4O3S/c1-16-8-9-21(31-2)18(14-16)20-15-32-24(25-20)26-22(29)10-11-23(30)28-13-12-19(27-28)17-6-4-3-5-7-17/h3-9,14-15H,10-13H2,1-2H3,(H,25,26,29). The quantitative estimate of drug-likeness (QED) is 0.578. The van der Waals surface area contributed by atoms with Crippen molar-refractivity contribution in [3.8, 4) is 17.0 Å². The van der Waals surface area contributed by atoms with Crippen LogP contribution in [0.3, 0.4) is 0 Å². The number of nitrogens with zero attached hydrogens (tertiary/aromatic N) is 3. The number of benzene rings is 2. The van der Waals surface area contributed by atoms with E-state index in [1.54, 1.807) is 7.11 Å². The molecule has 0 fully saturated rings. The lowest BCUT2D eigenvalue weighted by molar-refractivity contribution is -0.132. The first-order valence-electron chi connectivity index (χ1n) is 10.4. The maximum Gasteiger partial charge on any atom is 0.243 e. The van der Waals surface area contributed by atoms with Gasteiger partial charge in [0.25, 0.3) is 0 Å². The second kappa shape index (κ2) is 9.74. The van der Waals surface area contributed by atoms with E-state index in [1.165, 1.54) is 16.3 Å². The van der Waals surface area contributed by atoms with Gasteiger partial charge in [0.05, 0.1) is 25.1 Å². The summed E-state index contributed by atoms with van der Waals surface area (Å²) in [6.45, 7) is 2.54. The van der Waals surface area contributed by atoms with Crippen LogP contribution in [0.1, 0.15) is 30.4 Å². The summed E-state index contributed by atoms with van der Waals surface area (Å²) in [5, 5.41) is 11.0. The first-order chi connectivity index (χ1) is 15.5. The number of methoxy groups -OCH3 is 1. The van der Waals surface area contributed by atoms with Crippen LogP contribution >= 0.6 is 11.3 Å². The lowest BCUT2D eigenvalue weighted by atomic mass is 10.1. The molecule has 3 aromatic rings. The van der Waals surface area contributed by atoms with E-state index in [4.69, 9.17) is 4.74 Å². The molecular formula is C24H24N4O3S. The van der Waals surface area contributed by atoms with E-state index >= 15 is 0 Å². The Morgan fingerprint density at radius 2 is 1.97 bits per heavy atom. The van der Waals surface area contributed by atoms with E-state index in [0.717, 1.165) is 33.8 Å². The maximum absolute atomic E-state index is 12.5. The van der Waals surface area contributed by atoms with Crippen molar-refractivity contribution in [3.05, 3.63) is 65.0 Å². The molecule has 1 aliphatic heterocycles. The van der Waals surface area contributed by atoms with E-state index in [-0.39, 0.29) is 24.7 Å². The van der Waals surface area contributed by atoms with Gasteiger partial charge in [-0.1, -0.05) is 42.0 Å². The van der Waals surface area contributed by atoms with E-state index in [1.807, 2.05) is 60.8 Å². The molecule has 1 N–H and O–H groups in total. The highest BCUT2D eigenvalue weighted by Gasteiger charge is 2.22. The summed E-state index contributed by atoms with van der Waals surface area (Å²) in [7, 11) is 1.62. The molecule has 1 aromatic heterocycles. The van der Waals surface area contributed by atoms with Crippen LogP contribution in [0.5, 0.6) is 5.75 Å². The van der Waals surface area contributed by atoms with E-state index in [0.29, 0.717) is 18.1 Å². The van der Waals surface area contributed by atoms with Gasteiger partial charge in [-0.15, -0.1) is 11.3 Å². The van der Waals surface area contributed by atoms with E-state index in [2.05, 4.69) is 15.4 Å². The third-order valence-electron chi connectivity index (χ3n) is 5.14. The average Bonchev–Trinajstić information content (AvgIpc) is 3.48. The number of rotatable bonds is 7. The average molecular weight is 449 g/mol. The topological polar surface area (TPSA) is 83.9 Å². The molecule has 0 saturated heterocycles. The van der Waals surface area contributed by atoms with Crippen molar-refractivity contribution in [1.29, 1.82) is 0 Å². The fourth-order valence-electron chi connectivity index (χ4n) is 3.48. The zero-order valence-corrected chi connectivity index (χ0v) is 18.8. The Kier molecular flexibility index (Phi) is 6.61. The zero-order chi connectivity index (χ0) is 22.5. The van der Waals surface area contributed by atoms with Crippen molar-refractivity contribution in [2.75, 3.05) is 19.0 Å². The van der Waals surface area contributed by atoms with Crippen molar-refractivity contribution in [2.24, 2.45) is 5.10 Å². The summed E-state index contributed by atoms with van der Waals surface area (Å²) in [5.74, 6) is 0.322. The number of aryl methyl sites for hydroxylation is 1. The Balaban J connectivity index is 1.32. The van der Waals surface area contributed by atoms with Gasteiger partial charge in [-0.05, 0) is 24.6 Å². The Morgan fingerprint density at radius 3 is 2.75 bits per heavy atom. The van der Waals surface area contributed by atoms with Crippen molar-refractivity contribution in [2.45, 2.75) is 26.2 Å². The van der Waals surface area contributed by atoms with Crippen molar-refractivity contribution in [1.82, 2.24) is 9.99 Å². The number of carbonyl (C=O) groups excluding carboxylic acids is 2. The molecule has 0 radical (unpaired) electrons. The van der Waals surface area contributed by atoms with Crippen LogP contribution in [0, 0.1) is 6.92 Å². The van der Waals surface area contributed by atoms with E-state index in [9.17, 15) is 9.59 Å². The summed E-state index contributed by atoms with van der Waals surface area (Å²) < 4.78 is 5.42. The van der Waals surface area contributed by atoms with Crippen molar-refractivity contribution >= 4 is 34.0 Å². The lowest BCUT2D eigenvalue weighted by Gasteiger charge is -2.10. The Morgan fingerprint density at radius 1 is 1.16 bits per heavy atom. The highest BCUT2D eigenvalue weighted by molar-refractivity contribution is 7.14. The predicted octanol–water partition coefficient (Wildman–Crippen LogP) is 4.48. The lowest BCUT2D eigenvalue weighted by Crippen LogP contribution is -2.24. The number of anilines is 1. The van der Waals surface area contributed by atoms with Gasteiger partial charge in [0.15, 0.2) is 5.13 Å². The largest absolute Gasteiger partial charge is 0.496 e. The van der Waals surface area contributed by atoms with Crippen LogP contribution in [0.2, 0.25) is 0 Å². The van der Waals surface area contributed by atoms with Crippen LogP contribution in [-0.2, 0) is 9.59 Å². The number of aromatic nitrogens is 1. The maximum atomic E-state index is 12.5. The predicted molar refractivity (Wildman–Crippen MR) is 126 cm³/mol. The highest BCUT2D eigenvalue weighted by atomic mass is 32.1. The third kappa shape index (κ3) is 5.03. The number of ether oxygens (including phenoxy) is 1. The van der Waals surface area contributed by atoms with Crippen molar-refractivity contribution in [3.63, 3.8) is 0 Å². The number of hydrazone groups is 1. The number of nitrogens with one attached hydrogen (secondary N) is 1. The number of carbonyl (C=O) groups is 2. The molecular weight excluding hydrogens is 424 g/mol. The first-order valence-corrected chi connectivity index (χ1v) is 11.2. The zero-order valence-electron chi connectivity index (χ0n) is 18.0. The highest BCUT2D eigenvalue weighted by Crippen LogP contribution is 2.33. The molecule has 4 rings (SSSR count). The minimum atomic E-state index is -0.248. The fraction of sp³-hybridized carbons (Fsp3) is 0.250. The smallest absolute Gasteiger partial charge is 0.243 e. The summed E-state index contributed by atoms with van der Waals surface area (Å²) in [6, 6.07) is 15.7. The molecule has 0 spiro atoms. The molecule has 0 aliphatic carbocycles. The molecule has 0 unspecified atom stereocenters. The number of hydrogen-bond donors (Lipinski definition) is 1.